The largest absolute Gasteiger partial charge is 0.416 e. The number of ether oxygens (including phenoxy) is 1. The molecule has 1 atom stereocenters. The fourth-order valence-corrected chi connectivity index (χ4v) is 5.02. The lowest BCUT2D eigenvalue weighted by Crippen LogP contribution is -2.23. The summed E-state index contributed by atoms with van der Waals surface area (Å²) in [6.07, 6.45) is 0. The first-order valence-electron chi connectivity index (χ1n) is 7.79. The van der Waals surface area contributed by atoms with Crippen LogP contribution in [0.2, 0.25) is 0 Å². The molecule has 28 heavy (non-hydrogen) atoms. The van der Waals surface area contributed by atoms with Gasteiger partial charge in [-0.15, -0.1) is 0 Å². The number of carbonyl (C=O) groups is 2. The van der Waals surface area contributed by atoms with E-state index < -0.39 is 61.8 Å². The molecule has 4 nitrogen and oxygen atoms in total. The van der Waals surface area contributed by atoms with E-state index in [1.54, 1.807) is 10.0 Å². The number of amides is 1. The van der Waals surface area contributed by atoms with Crippen LogP contribution in [0.4, 0.5) is 27.6 Å². The molecule has 1 aliphatic heterocycles. The van der Waals surface area contributed by atoms with Gasteiger partial charge in [0, 0.05) is 21.0 Å². The zero-order chi connectivity index (χ0) is 20.7. The van der Waals surface area contributed by atoms with E-state index in [0.717, 1.165) is 3.51 Å². The van der Waals surface area contributed by atoms with Gasteiger partial charge >= 0.3 is 5.97 Å². The third kappa shape index (κ3) is 3.40. The molecule has 0 radical (unpaired) electrons. The monoisotopic (exact) mass is 511 g/mol. The van der Waals surface area contributed by atoms with Crippen LogP contribution >= 0.6 is 21.0 Å². The van der Waals surface area contributed by atoms with E-state index in [0.29, 0.717) is 5.69 Å². The Kier molecular flexibility index (Phi) is 5.50. The molecule has 3 rings (SSSR count). The summed E-state index contributed by atoms with van der Waals surface area (Å²) >= 11 is -0.665. The molecule has 2 aromatic rings. The van der Waals surface area contributed by atoms with E-state index in [1.165, 1.54) is 24.3 Å². The molecule has 0 aliphatic carbocycles. The van der Waals surface area contributed by atoms with E-state index in [4.69, 9.17) is 0 Å². The van der Waals surface area contributed by atoms with Gasteiger partial charge in [0.15, 0.2) is 0 Å². The minimum Gasteiger partial charge on any atom is -0.416 e. The van der Waals surface area contributed by atoms with Gasteiger partial charge in [-0.25, -0.2) is 18.0 Å². The molecular weight excluding hydrogens is 500 g/mol. The van der Waals surface area contributed by atoms with Gasteiger partial charge < -0.3 is 4.74 Å². The molecule has 0 N–H and O–H groups in total. The Labute approximate surface area is 166 Å². The summed E-state index contributed by atoms with van der Waals surface area (Å²) < 4.78 is 73.7. The zero-order valence-corrected chi connectivity index (χ0v) is 16.5. The Hall–Kier alpha value is -2.37. The van der Waals surface area contributed by atoms with Gasteiger partial charge in [0.25, 0.3) is 0 Å². The number of nitrogens with zero attached hydrogens (tertiary/aromatic N) is 1. The normalized spacial score (nSPS) is 16.7. The number of carbonyl (C=O) groups excluding carboxylic acids is 2. The summed E-state index contributed by atoms with van der Waals surface area (Å²) in [7, 11) is 0. The molecular formula is C18H11F5INO3. The van der Waals surface area contributed by atoms with Gasteiger partial charge in [-0.2, -0.15) is 8.78 Å². The van der Waals surface area contributed by atoms with Gasteiger partial charge in [-0.3, -0.25) is 7.91 Å². The number of halogens is 6. The molecule has 0 aromatic heterocycles. The molecule has 2 aromatic carbocycles. The lowest BCUT2D eigenvalue weighted by molar-refractivity contribution is -0.118. The number of esters is 1. The number of rotatable bonds is 3. The van der Waals surface area contributed by atoms with Crippen LogP contribution in [0.15, 0.2) is 24.3 Å². The molecule has 10 heteroatoms. The van der Waals surface area contributed by atoms with Crippen molar-refractivity contribution in [1.29, 1.82) is 0 Å². The van der Waals surface area contributed by atoms with Crippen molar-refractivity contribution >= 4 is 42.1 Å². The van der Waals surface area contributed by atoms with Crippen molar-refractivity contribution in [2.75, 3.05) is 3.11 Å². The molecule has 0 spiro atoms. The number of benzene rings is 2. The number of hydrogen-bond donors (Lipinski definition) is 0. The van der Waals surface area contributed by atoms with E-state index >= 15 is 0 Å². The molecule has 1 aliphatic rings. The highest BCUT2D eigenvalue weighted by atomic mass is 127. The van der Waals surface area contributed by atoms with Gasteiger partial charge in [-0.1, -0.05) is 0 Å². The van der Waals surface area contributed by atoms with Crippen LogP contribution in [0.3, 0.4) is 0 Å². The number of hydrogen-bond acceptors (Lipinski definition) is 3. The Balaban J connectivity index is 1.85. The van der Waals surface area contributed by atoms with Gasteiger partial charge in [-0.05, 0) is 41.6 Å². The van der Waals surface area contributed by atoms with E-state index in [2.05, 4.69) is 4.74 Å². The standard InChI is InChI=1S/C18H11F5INO3/c1-7-8(2)24-25(17(7)26)10-5-3-9(4-6-10)18(27)28-16-14(22)12(20)11(19)13(21)15(16)23/h3-7H,1-2H3. The Bertz CT molecular complexity index is 994. The maximum atomic E-state index is 13.6. The first-order valence-corrected chi connectivity index (χ1v) is 9.84. The van der Waals surface area contributed by atoms with Crippen molar-refractivity contribution in [3.8, 4) is 5.75 Å². The summed E-state index contributed by atoms with van der Waals surface area (Å²) in [6, 6.07) is 5.36. The summed E-state index contributed by atoms with van der Waals surface area (Å²) in [5.74, 6) is -14.5. The predicted molar refractivity (Wildman–Crippen MR) is 99.0 cm³/mol. The van der Waals surface area contributed by atoms with Crippen molar-refractivity contribution in [3.05, 3.63) is 58.9 Å². The van der Waals surface area contributed by atoms with Crippen LogP contribution in [0.1, 0.15) is 24.2 Å². The zero-order valence-electron chi connectivity index (χ0n) is 14.3. The van der Waals surface area contributed by atoms with Crippen molar-refractivity contribution in [3.63, 3.8) is 0 Å². The average Bonchev–Trinajstić information content (AvgIpc) is 2.95. The molecule has 0 bridgehead atoms. The second-order valence-electron chi connectivity index (χ2n) is 5.85. The van der Waals surface area contributed by atoms with E-state index in [9.17, 15) is 31.5 Å². The summed E-state index contributed by atoms with van der Waals surface area (Å²) in [5, 5.41) is 0. The van der Waals surface area contributed by atoms with Crippen molar-refractivity contribution in [2.45, 2.75) is 13.8 Å². The minimum atomic E-state index is -2.35. The highest BCUT2D eigenvalue weighted by Gasteiger charge is 2.31. The topological polar surface area (TPSA) is 46.6 Å². The van der Waals surface area contributed by atoms with Crippen molar-refractivity contribution in [2.24, 2.45) is 5.92 Å². The van der Waals surface area contributed by atoms with Crippen molar-refractivity contribution < 1.29 is 36.3 Å². The molecule has 0 fully saturated rings. The first-order chi connectivity index (χ1) is 13.1. The van der Waals surface area contributed by atoms with Gasteiger partial charge in [0.2, 0.25) is 40.7 Å². The fourth-order valence-electron chi connectivity index (χ4n) is 2.32. The van der Waals surface area contributed by atoms with Crippen LogP contribution in [0.5, 0.6) is 5.75 Å². The first kappa shape index (κ1) is 20.4. The second kappa shape index (κ2) is 7.57. The number of anilines is 1. The summed E-state index contributed by atoms with van der Waals surface area (Å²) in [6.45, 7) is 3.69. The van der Waals surface area contributed by atoms with Crippen LogP contribution in [-0.2, 0) is 4.79 Å². The quantitative estimate of drug-likeness (QED) is 0.115. The SMILES string of the molecule is CC1=IN(c2ccc(C(=O)Oc3c(F)c(F)c(F)c(F)c3F)cc2)C(=O)C1C. The third-order valence-electron chi connectivity index (χ3n) is 4.07. The second-order valence-corrected chi connectivity index (χ2v) is 9.00. The Morgan fingerprint density at radius 1 is 0.964 bits per heavy atom. The van der Waals surface area contributed by atoms with Gasteiger partial charge in [0.05, 0.1) is 17.2 Å². The lowest BCUT2D eigenvalue weighted by Gasteiger charge is -2.14. The minimum absolute atomic E-state index is 0.0676. The predicted octanol–water partition coefficient (Wildman–Crippen LogP) is 4.66. The van der Waals surface area contributed by atoms with Crippen LogP contribution in [-0.4, -0.2) is 15.4 Å². The maximum absolute atomic E-state index is 13.6. The van der Waals surface area contributed by atoms with Crippen LogP contribution in [0.25, 0.3) is 0 Å². The third-order valence-corrected chi connectivity index (χ3v) is 7.28. The van der Waals surface area contributed by atoms with Crippen molar-refractivity contribution in [1.82, 2.24) is 0 Å². The fraction of sp³-hybridized carbons (Fsp3) is 0.167. The Morgan fingerprint density at radius 3 is 1.93 bits per heavy atom. The molecule has 1 unspecified atom stereocenters. The Morgan fingerprint density at radius 2 is 1.46 bits per heavy atom. The highest BCUT2D eigenvalue weighted by molar-refractivity contribution is 14.2. The van der Waals surface area contributed by atoms with E-state index in [1.807, 2.05) is 6.92 Å². The van der Waals surface area contributed by atoms with Crippen LogP contribution in [0, 0.1) is 35.0 Å². The maximum Gasteiger partial charge on any atom is 0.343 e. The summed E-state index contributed by atoms with van der Waals surface area (Å²) in [5.41, 5.74) is 0.348. The molecule has 0 saturated heterocycles. The molecule has 1 heterocycles. The lowest BCUT2D eigenvalue weighted by atomic mass is 10.1. The average molecular weight is 511 g/mol. The smallest absolute Gasteiger partial charge is 0.343 e. The highest BCUT2D eigenvalue weighted by Crippen LogP contribution is 2.33. The van der Waals surface area contributed by atoms with Gasteiger partial charge in [0.1, 0.15) is 0 Å². The molecule has 1 amide bonds. The van der Waals surface area contributed by atoms with E-state index in [-0.39, 0.29) is 17.4 Å². The molecule has 148 valence electrons. The summed E-state index contributed by atoms with van der Waals surface area (Å²) in [4.78, 5) is 24.3. The van der Waals surface area contributed by atoms with Crippen LogP contribution < -0.4 is 7.85 Å². The molecule has 0 saturated carbocycles.